The zero-order valence-electron chi connectivity index (χ0n) is 19.6. The third-order valence-electron chi connectivity index (χ3n) is 6.85. The van der Waals surface area contributed by atoms with Gasteiger partial charge in [-0.05, 0) is 68.1 Å². The maximum Gasteiger partial charge on any atom is 0.416 e. The Labute approximate surface area is 211 Å². The summed E-state index contributed by atoms with van der Waals surface area (Å²) < 4.78 is 41.7. The number of likely N-dealkylation sites (tertiary alicyclic amines) is 1. The molecule has 1 unspecified atom stereocenters. The van der Waals surface area contributed by atoms with Gasteiger partial charge in [0.25, 0.3) is 5.91 Å². The zero-order valence-corrected chi connectivity index (χ0v) is 21.1. The first-order valence-electron chi connectivity index (χ1n) is 11.3. The molecule has 3 aromatic rings. The fourth-order valence-corrected chi connectivity index (χ4v) is 5.35. The predicted octanol–water partition coefficient (Wildman–Crippen LogP) is 6.84. The number of carbonyl (C=O) groups excluding carboxylic acids is 2. The quantitative estimate of drug-likeness (QED) is 0.374. The highest BCUT2D eigenvalue weighted by Gasteiger charge is 2.32. The minimum absolute atomic E-state index is 0.0603. The summed E-state index contributed by atoms with van der Waals surface area (Å²) in [5, 5.41) is 1.29. The standard InChI is InChI=1S/C26H25Cl2F3N2O2/c1-14-9-17(26(29,30)31)10-23-20(14)11-18(32(23)3)12-21-22(27)7-6-19(24(21)28)25(35)33-8-4-5-16(13-33)15(2)34/h6-7,9-11,16H,4-5,8,12-13H2,1-3H3. The Balaban J connectivity index is 1.70. The maximum absolute atomic E-state index is 13.3. The summed E-state index contributed by atoms with van der Waals surface area (Å²) >= 11 is 13.1. The second-order valence-corrected chi connectivity index (χ2v) is 9.97. The van der Waals surface area contributed by atoms with E-state index < -0.39 is 11.7 Å². The monoisotopic (exact) mass is 524 g/mol. The number of alkyl halides is 3. The van der Waals surface area contributed by atoms with Crippen molar-refractivity contribution in [2.45, 2.75) is 39.3 Å². The van der Waals surface area contributed by atoms with Crippen LogP contribution in [0, 0.1) is 12.8 Å². The van der Waals surface area contributed by atoms with Crippen LogP contribution < -0.4 is 0 Å². The molecule has 2 heterocycles. The molecule has 0 bridgehead atoms. The largest absolute Gasteiger partial charge is 0.416 e. The van der Waals surface area contributed by atoms with E-state index in [2.05, 4.69) is 0 Å². The number of hydrogen-bond acceptors (Lipinski definition) is 2. The van der Waals surface area contributed by atoms with E-state index in [-0.39, 0.29) is 29.1 Å². The van der Waals surface area contributed by atoms with Crippen molar-refractivity contribution in [2.75, 3.05) is 13.1 Å². The number of hydrogen-bond donors (Lipinski definition) is 0. The Kier molecular flexibility index (Phi) is 6.95. The number of amides is 1. The van der Waals surface area contributed by atoms with Gasteiger partial charge in [0.2, 0.25) is 0 Å². The third kappa shape index (κ3) is 4.94. The summed E-state index contributed by atoms with van der Waals surface area (Å²) in [5.41, 5.74) is 1.80. The van der Waals surface area contributed by atoms with Gasteiger partial charge < -0.3 is 9.47 Å². The summed E-state index contributed by atoms with van der Waals surface area (Å²) in [6, 6.07) is 7.29. The molecular weight excluding hydrogens is 500 g/mol. The highest BCUT2D eigenvalue weighted by Crippen LogP contribution is 2.36. The lowest BCUT2D eigenvalue weighted by Gasteiger charge is -2.32. The van der Waals surface area contributed by atoms with Crippen LogP contribution in [0.4, 0.5) is 13.2 Å². The highest BCUT2D eigenvalue weighted by atomic mass is 35.5. The van der Waals surface area contributed by atoms with Gasteiger partial charge in [-0.15, -0.1) is 0 Å². The topological polar surface area (TPSA) is 42.3 Å². The third-order valence-corrected chi connectivity index (χ3v) is 7.64. The fraction of sp³-hybridized carbons (Fsp3) is 0.385. The van der Waals surface area contributed by atoms with E-state index >= 15 is 0 Å². The predicted molar refractivity (Wildman–Crippen MR) is 131 cm³/mol. The molecule has 1 amide bonds. The lowest BCUT2D eigenvalue weighted by molar-refractivity contribution is -0.137. The Hall–Kier alpha value is -2.51. The Morgan fingerprint density at radius 2 is 1.86 bits per heavy atom. The second kappa shape index (κ2) is 9.51. The van der Waals surface area contributed by atoms with Crippen molar-refractivity contribution in [1.29, 1.82) is 0 Å². The van der Waals surface area contributed by atoms with Gasteiger partial charge in [0, 0.05) is 54.1 Å². The molecule has 1 saturated heterocycles. The number of nitrogens with zero attached hydrogens (tertiary/aromatic N) is 2. The molecule has 1 aliphatic heterocycles. The average molecular weight is 525 g/mol. The minimum Gasteiger partial charge on any atom is -0.347 e. The SMILES string of the molecule is CC(=O)C1CCCN(C(=O)c2ccc(Cl)c(Cc3cc4c(C)cc(C(F)(F)F)cc4n3C)c2Cl)C1. The maximum atomic E-state index is 13.3. The van der Waals surface area contributed by atoms with Crippen LogP contribution in [0.2, 0.25) is 10.0 Å². The number of carbonyl (C=O) groups is 2. The van der Waals surface area contributed by atoms with Crippen LogP contribution in [-0.2, 0) is 24.4 Å². The van der Waals surface area contributed by atoms with Crippen LogP contribution in [0.5, 0.6) is 0 Å². The molecule has 0 N–H and O–H groups in total. The van der Waals surface area contributed by atoms with E-state index in [4.69, 9.17) is 23.2 Å². The van der Waals surface area contributed by atoms with Crippen molar-refractivity contribution >= 4 is 45.8 Å². The van der Waals surface area contributed by atoms with Crippen LogP contribution in [0.3, 0.4) is 0 Å². The van der Waals surface area contributed by atoms with Gasteiger partial charge in [0.15, 0.2) is 0 Å². The molecule has 0 aliphatic carbocycles. The van der Waals surface area contributed by atoms with Crippen molar-refractivity contribution in [3.8, 4) is 0 Å². The first-order valence-corrected chi connectivity index (χ1v) is 12.1. The highest BCUT2D eigenvalue weighted by molar-refractivity contribution is 6.38. The zero-order chi connectivity index (χ0) is 25.7. The van der Waals surface area contributed by atoms with Gasteiger partial charge in [-0.3, -0.25) is 9.59 Å². The van der Waals surface area contributed by atoms with Crippen LogP contribution in [0.15, 0.2) is 30.3 Å². The number of rotatable bonds is 4. The molecule has 0 saturated carbocycles. The van der Waals surface area contributed by atoms with Crippen molar-refractivity contribution < 1.29 is 22.8 Å². The van der Waals surface area contributed by atoms with E-state index in [9.17, 15) is 22.8 Å². The smallest absolute Gasteiger partial charge is 0.347 e. The summed E-state index contributed by atoms with van der Waals surface area (Å²) in [5.74, 6) is -0.384. The number of Topliss-reactive ketones (excluding diaryl/α,β-unsaturated/α-hetero) is 1. The van der Waals surface area contributed by atoms with Crippen LogP contribution in [0.1, 0.15) is 52.5 Å². The summed E-state index contributed by atoms with van der Waals surface area (Å²) in [7, 11) is 1.70. The molecule has 1 atom stereocenters. The van der Waals surface area contributed by atoms with Gasteiger partial charge in [0.1, 0.15) is 5.78 Å². The van der Waals surface area contributed by atoms with Gasteiger partial charge in [-0.2, -0.15) is 13.2 Å². The van der Waals surface area contributed by atoms with Crippen molar-refractivity contribution in [1.82, 2.24) is 9.47 Å². The molecule has 186 valence electrons. The molecular formula is C26H25Cl2F3N2O2. The van der Waals surface area contributed by atoms with E-state index in [0.29, 0.717) is 51.4 Å². The summed E-state index contributed by atoms with van der Waals surface area (Å²) in [6.45, 7) is 4.08. The number of halogens is 5. The Morgan fingerprint density at radius 1 is 1.14 bits per heavy atom. The molecule has 35 heavy (non-hydrogen) atoms. The molecule has 1 aromatic heterocycles. The number of benzene rings is 2. The lowest BCUT2D eigenvalue weighted by Crippen LogP contribution is -2.42. The number of piperidine rings is 1. The van der Waals surface area contributed by atoms with Gasteiger partial charge in [-0.25, -0.2) is 0 Å². The minimum atomic E-state index is -4.44. The van der Waals surface area contributed by atoms with Crippen molar-refractivity contribution in [3.05, 3.63) is 68.3 Å². The molecule has 4 nitrogen and oxygen atoms in total. The van der Waals surface area contributed by atoms with E-state index in [1.807, 2.05) is 6.07 Å². The molecule has 4 rings (SSSR count). The van der Waals surface area contributed by atoms with Crippen LogP contribution in [-0.4, -0.2) is 34.2 Å². The van der Waals surface area contributed by atoms with Crippen molar-refractivity contribution in [3.63, 3.8) is 0 Å². The molecule has 0 spiro atoms. The summed E-state index contributed by atoms with van der Waals surface area (Å²) in [6.07, 6.45) is -2.71. The molecule has 1 aliphatic rings. The molecule has 1 fully saturated rings. The first-order chi connectivity index (χ1) is 16.4. The second-order valence-electron chi connectivity index (χ2n) is 9.18. The summed E-state index contributed by atoms with van der Waals surface area (Å²) in [4.78, 5) is 26.7. The first kappa shape index (κ1) is 25.6. The van der Waals surface area contributed by atoms with E-state index in [1.54, 1.807) is 35.6 Å². The lowest BCUT2D eigenvalue weighted by atomic mass is 9.94. The molecule has 2 aromatic carbocycles. The van der Waals surface area contributed by atoms with Gasteiger partial charge >= 0.3 is 6.18 Å². The Bertz CT molecular complexity index is 1330. The van der Waals surface area contributed by atoms with Crippen molar-refractivity contribution in [2.24, 2.45) is 13.0 Å². The Morgan fingerprint density at radius 3 is 2.51 bits per heavy atom. The fourth-order valence-electron chi connectivity index (χ4n) is 4.77. The molecule has 9 heteroatoms. The number of fused-ring (bicyclic) bond motifs is 1. The average Bonchev–Trinajstić information content (AvgIpc) is 3.11. The van der Waals surface area contributed by atoms with Crippen LogP contribution >= 0.6 is 23.2 Å². The van der Waals surface area contributed by atoms with Crippen LogP contribution in [0.25, 0.3) is 10.9 Å². The van der Waals surface area contributed by atoms with Gasteiger partial charge in [-0.1, -0.05) is 23.2 Å². The van der Waals surface area contributed by atoms with E-state index in [1.165, 1.54) is 6.92 Å². The normalized spacial score (nSPS) is 16.7. The number of ketones is 1. The van der Waals surface area contributed by atoms with E-state index in [0.717, 1.165) is 25.0 Å². The number of aryl methyl sites for hydroxylation is 2. The number of aromatic nitrogens is 1. The molecule has 0 radical (unpaired) electrons. The van der Waals surface area contributed by atoms with Gasteiger partial charge in [0.05, 0.1) is 16.1 Å².